The Hall–Kier alpha value is -2.19. The second-order valence-corrected chi connectivity index (χ2v) is 6.39. The molecule has 0 spiro atoms. The summed E-state index contributed by atoms with van der Waals surface area (Å²) in [6.45, 7) is 0. The van der Waals surface area contributed by atoms with Gasteiger partial charge >= 0.3 is 5.97 Å². The Bertz CT molecular complexity index is 851. The molecule has 0 aliphatic heterocycles. The van der Waals surface area contributed by atoms with Gasteiger partial charge < -0.3 is 4.74 Å². The third-order valence-corrected chi connectivity index (χ3v) is 4.47. The van der Waals surface area contributed by atoms with Gasteiger partial charge in [-0.25, -0.2) is 22.0 Å². The average molecular weight is 362 g/mol. The van der Waals surface area contributed by atoms with Crippen LogP contribution in [0.15, 0.2) is 41.3 Å². The maximum absolute atomic E-state index is 13.7. The molecule has 2 rings (SSSR count). The average Bonchev–Trinajstić information content (AvgIpc) is 2.45. The maximum Gasteiger partial charge on any atom is 0.339 e. The molecule has 0 aliphatic carbocycles. The van der Waals surface area contributed by atoms with Crippen LogP contribution >= 0.6 is 11.6 Å². The highest BCUT2D eigenvalue weighted by atomic mass is 35.5. The van der Waals surface area contributed by atoms with E-state index in [2.05, 4.69) is 4.74 Å². The molecule has 0 bridgehead atoms. The van der Waals surface area contributed by atoms with Crippen LogP contribution in [0.4, 0.5) is 14.5 Å². The fraction of sp³-hybridized carbons (Fsp3) is 0.0714. The Kier molecular flexibility index (Phi) is 4.86. The summed E-state index contributed by atoms with van der Waals surface area (Å²) in [6.07, 6.45) is 0. The van der Waals surface area contributed by atoms with E-state index in [0.29, 0.717) is 0 Å². The summed E-state index contributed by atoms with van der Waals surface area (Å²) in [5.41, 5.74) is -0.413. The van der Waals surface area contributed by atoms with E-state index in [9.17, 15) is 22.0 Å². The SMILES string of the molecule is COC(=O)c1ccc(Cl)cc1NS(=O)(=O)c1c(F)cccc1F. The van der Waals surface area contributed by atoms with E-state index in [1.807, 2.05) is 4.72 Å². The Morgan fingerprint density at radius 3 is 2.35 bits per heavy atom. The van der Waals surface area contributed by atoms with Crippen LogP contribution < -0.4 is 4.72 Å². The highest BCUT2D eigenvalue weighted by Gasteiger charge is 2.26. The number of esters is 1. The first-order valence-corrected chi connectivity index (χ1v) is 7.97. The molecule has 0 heterocycles. The van der Waals surface area contributed by atoms with Crippen LogP contribution in [0, 0.1) is 11.6 Å². The molecule has 0 amide bonds. The van der Waals surface area contributed by atoms with Crippen molar-refractivity contribution < 1.29 is 26.7 Å². The van der Waals surface area contributed by atoms with Gasteiger partial charge in [0.1, 0.15) is 11.6 Å². The highest BCUT2D eigenvalue weighted by molar-refractivity contribution is 7.92. The Morgan fingerprint density at radius 2 is 1.78 bits per heavy atom. The normalized spacial score (nSPS) is 11.1. The van der Waals surface area contributed by atoms with Crippen LogP contribution in [0.25, 0.3) is 0 Å². The van der Waals surface area contributed by atoms with Crippen LogP contribution in [0.1, 0.15) is 10.4 Å². The molecule has 0 atom stereocenters. The fourth-order valence-corrected chi connectivity index (χ4v) is 3.21. The molecule has 2 aromatic rings. The van der Waals surface area contributed by atoms with E-state index in [0.717, 1.165) is 31.4 Å². The predicted molar refractivity (Wildman–Crippen MR) is 80.0 cm³/mol. The summed E-state index contributed by atoms with van der Waals surface area (Å²) < 4.78 is 58.3. The van der Waals surface area contributed by atoms with Gasteiger partial charge in [-0.1, -0.05) is 17.7 Å². The maximum atomic E-state index is 13.7. The van der Waals surface area contributed by atoms with Gasteiger partial charge in [0.05, 0.1) is 18.4 Å². The van der Waals surface area contributed by atoms with Crippen molar-refractivity contribution in [2.45, 2.75) is 4.90 Å². The van der Waals surface area contributed by atoms with Gasteiger partial charge in [0.15, 0.2) is 4.90 Å². The minimum Gasteiger partial charge on any atom is -0.465 e. The fourth-order valence-electron chi connectivity index (χ4n) is 1.82. The number of carbonyl (C=O) groups is 1. The number of carbonyl (C=O) groups excluding carboxylic acids is 1. The summed E-state index contributed by atoms with van der Waals surface area (Å²) in [4.78, 5) is 10.5. The topological polar surface area (TPSA) is 72.5 Å². The van der Waals surface area contributed by atoms with Crippen LogP contribution in [0.2, 0.25) is 5.02 Å². The molecule has 0 saturated carbocycles. The molecule has 2 aromatic carbocycles. The number of hydrogen-bond donors (Lipinski definition) is 1. The van der Waals surface area contributed by atoms with Gasteiger partial charge in [0.2, 0.25) is 0 Å². The standard InChI is InChI=1S/C14H10ClF2NO4S/c1-22-14(19)9-6-5-8(15)7-12(9)18-23(20,21)13-10(16)3-2-4-11(13)17/h2-7,18H,1H3. The number of hydrogen-bond acceptors (Lipinski definition) is 4. The van der Waals surface area contributed by atoms with Gasteiger partial charge in [-0.05, 0) is 30.3 Å². The molecule has 0 fully saturated rings. The zero-order chi connectivity index (χ0) is 17.2. The predicted octanol–water partition coefficient (Wildman–Crippen LogP) is 3.21. The van der Waals surface area contributed by atoms with Crippen molar-refractivity contribution in [3.63, 3.8) is 0 Å². The summed E-state index contributed by atoms with van der Waals surface area (Å²) >= 11 is 5.77. The first-order chi connectivity index (χ1) is 10.8. The van der Waals surface area contributed by atoms with Crippen molar-refractivity contribution in [2.24, 2.45) is 0 Å². The van der Waals surface area contributed by atoms with Crippen molar-refractivity contribution in [1.82, 2.24) is 0 Å². The molecule has 9 heteroatoms. The van der Waals surface area contributed by atoms with Crippen molar-refractivity contribution in [2.75, 3.05) is 11.8 Å². The third-order valence-electron chi connectivity index (χ3n) is 2.82. The molecule has 5 nitrogen and oxygen atoms in total. The number of rotatable bonds is 4. The molecule has 0 unspecified atom stereocenters. The molecule has 0 radical (unpaired) electrons. The number of anilines is 1. The largest absolute Gasteiger partial charge is 0.465 e. The number of sulfonamides is 1. The molecule has 0 aromatic heterocycles. The lowest BCUT2D eigenvalue weighted by atomic mass is 10.2. The van der Waals surface area contributed by atoms with Gasteiger partial charge in [0, 0.05) is 5.02 Å². The van der Waals surface area contributed by atoms with Crippen molar-refractivity contribution in [3.05, 3.63) is 58.6 Å². The Balaban J connectivity index is 2.54. The lowest BCUT2D eigenvalue weighted by Gasteiger charge is -2.13. The van der Waals surface area contributed by atoms with E-state index in [1.165, 1.54) is 12.1 Å². The van der Waals surface area contributed by atoms with Crippen molar-refractivity contribution in [3.8, 4) is 0 Å². The van der Waals surface area contributed by atoms with E-state index < -0.39 is 32.5 Å². The van der Waals surface area contributed by atoms with Gasteiger partial charge in [-0.2, -0.15) is 0 Å². The smallest absolute Gasteiger partial charge is 0.339 e. The number of methoxy groups -OCH3 is 1. The Morgan fingerprint density at radius 1 is 1.17 bits per heavy atom. The first kappa shape index (κ1) is 17.2. The highest BCUT2D eigenvalue weighted by Crippen LogP contribution is 2.26. The zero-order valence-corrected chi connectivity index (χ0v) is 13.2. The molecule has 0 saturated heterocycles. The van der Waals surface area contributed by atoms with Crippen molar-refractivity contribution >= 4 is 33.3 Å². The number of nitrogens with one attached hydrogen (secondary N) is 1. The van der Waals surface area contributed by atoms with Gasteiger partial charge in [-0.15, -0.1) is 0 Å². The van der Waals surface area contributed by atoms with Gasteiger partial charge in [0.25, 0.3) is 10.0 Å². The zero-order valence-electron chi connectivity index (χ0n) is 11.6. The Labute approximate surface area is 135 Å². The first-order valence-electron chi connectivity index (χ1n) is 6.11. The van der Waals surface area contributed by atoms with Crippen LogP contribution in [0.5, 0.6) is 0 Å². The minimum atomic E-state index is -4.62. The number of ether oxygens (including phenoxy) is 1. The van der Waals surface area contributed by atoms with Crippen LogP contribution in [-0.2, 0) is 14.8 Å². The number of benzene rings is 2. The summed E-state index contributed by atoms with van der Waals surface area (Å²) in [6, 6.07) is 6.33. The van der Waals surface area contributed by atoms with Crippen LogP contribution in [-0.4, -0.2) is 21.5 Å². The molecule has 0 aliphatic rings. The molecule has 1 N–H and O–H groups in total. The van der Waals surface area contributed by atoms with E-state index >= 15 is 0 Å². The molecular weight excluding hydrogens is 352 g/mol. The summed E-state index contributed by atoms with van der Waals surface area (Å²) in [5.74, 6) is -3.37. The monoisotopic (exact) mass is 361 g/mol. The molecular formula is C14H10ClF2NO4S. The van der Waals surface area contributed by atoms with E-state index in [1.54, 1.807) is 0 Å². The lowest BCUT2D eigenvalue weighted by molar-refractivity contribution is 0.0602. The summed E-state index contributed by atoms with van der Waals surface area (Å²) in [5, 5.41) is 0.115. The summed E-state index contributed by atoms with van der Waals surface area (Å²) in [7, 11) is -3.52. The second kappa shape index (κ2) is 6.51. The van der Waals surface area contributed by atoms with Crippen LogP contribution in [0.3, 0.4) is 0 Å². The lowest BCUT2D eigenvalue weighted by Crippen LogP contribution is -2.18. The molecule has 122 valence electrons. The van der Waals surface area contributed by atoms with E-state index in [4.69, 9.17) is 11.6 Å². The quantitative estimate of drug-likeness (QED) is 0.849. The second-order valence-electron chi connectivity index (χ2n) is 4.34. The van der Waals surface area contributed by atoms with Crippen molar-refractivity contribution in [1.29, 1.82) is 0 Å². The van der Waals surface area contributed by atoms with E-state index in [-0.39, 0.29) is 16.3 Å². The third kappa shape index (κ3) is 3.59. The van der Waals surface area contributed by atoms with Gasteiger partial charge in [-0.3, -0.25) is 4.72 Å². The minimum absolute atomic E-state index is 0.115. The molecule has 23 heavy (non-hydrogen) atoms. The number of halogens is 3.